The number of benzene rings is 1. The quantitative estimate of drug-likeness (QED) is 0.827. The molecule has 1 rings (SSSR count). The highest BCUT2D eigenvalue weighted by Gasteiger charge is 2.23. The summed E-state index contributed by atoms with van der Waals surface area (Å²) in [4.78, 5) is 12.2. The number of nitrogens with two attached hydrogens (primary N) is 1. The molecular weight excluding hydrogens is 240 g/mol. The zero-order valence-corrected chi connectivity index (χ0v) is 12.1. The molecule has 0 aromatic heterocycles. The summed E-state index contributed by atoms with van der Waals surface area (Å²) in [5.41, 5.74) is 6.63. The minimum absolute atomic E-state index is 0.00379. The maximum Gasteiger partial charge on any atom is 0.225 e. The number of carbonyl (C=O) groups excluding carboxylic acids is 1. The summed E-state index contributed by atoms with van der Waals surface area (Å²) in [6.45, 7) is 6.32. The van der Waals surface area contributed by atoms with Crippen LogP contribution in [0.15, 0.2) is 24.3 Å². The van der Waals surface area contributed by atoms with Crippen LogP contribution in [-0.2, 0) is 4.79 Å². The molecule has 0 heterocycles. The SMILES string of the molecule is COc1ccccc1[C@@H](C)NC(=O)C(CN)C(C)C. The van der Waals surface area contributed by atoms with Crippen LogP contribution in [0, 0.1) is 11.8 Å². The van der Waals surface area contributed by atoms with E-state index in [-0.39, 0.29) is 23.8 Å². The Kier molecular flexibility index (Phi) is 5.83. The molecule has 0 saturated carbocycles. The van der Waals surface area contributed by atoms with E-state index in [1.165, 1.54) is 0 Å². The van der Waals surface area contributed by atoms with Crippen LogP contribution in [0.4, 0.5) is 0 Å². The van der Waals surface area contributed by atoms with Crippen molar-refractivity contribution >= 4 is 5.91 Å². The summed E-state index contributed by atoms with van der Waals surface area (Å²) in [5.74, 6) is 0.854. The molecule has 0 aliphatic heterocycles. The fourth-order valence-corrected chi connectivity index (χ4v) is 2.10. The maximum absolute atomic E-state index is 12.2. The van der Waals surface area contributed by atoms with Crippen molar-refractivity contribution in [3.8, 4) is 5.75 Å². The van der Waals surface area contributed by atoms with Gasteiger partial charge < -0.3 is 15.8 Å². The number of para-hydroxylation sites is 1. The lowest BCUT2D eigenvalue weighted by molar-refractivity contribution is -0.126. The number of nitrogens with one attached hydrogen (secondary N) is 1. The summed E-state index contributed by atoms with van der Waals surface area (Å²) in [6.07, 6.45) is 0. The highest BCUT2D eigenvalue weighted by Crippen LogP contribution is 2.24. The number of ether oxygens (including phenoxy) is 1. The van der Waals surface area contributed by atoms with Crippen LogP contribution in [0.3, 0.4) is 0 Å². The summed E-state index contributed by atoms with van der Waals surface area (Å²) in [7, 11) is 1.63. The first-order chi connectivity index (χ1) is 9.01. The molecule has 4 nitrogen and oxygen atoms in total. The fraction of sp³-hybridized carbons (Fsp3) is 0.533. The average Bonchev–Trinajstić information content (AvgIpc) is 2.38. The van der Waals surface area contributed by atoms with Crippen LogP contribution in [0.2, 0.25) is 0 Å². The topological polar surface area (TPSA) is 64.3 Å². The molecule has 1 amide bonds. The van der Waals surface area contributed by atoms with E-state index in [1.54, 1.807) is 7.11 Å². The third kappa shape index (κ3) is 3.96. The van der Waals surface area contributed by atoms with E-state index in [9.17, 15) is 4.79 Å². The summed E-state index contributed by atoms with van der Waals surface area (Å²) in [5, 5.41) is 3.00. The molecule has 0 saturated heterocycles. The van der Waals surface area contributed by atoms with Crippen molar-refractivity contribution in [2.45, 2.75) is 26.8 Å². The van der Waals surface area contributed by atoms with Gasteiger partial charge >= 0.3 is 0 Å². The largest absolute Gasteiger partial charge is 0.496 e. The molecule has 1 unspecified atom stereocenters. The minimum atomic E-state index is -0.155. The standard InChI is InChI=1S/C15H24N2O2/c1-10(2)13(9-16)15(18)17-11(3)12-7-5-6-8-14(12)19-4/h5-8,10-11,13H,9,16H2,1-4H3,(H,17,18)/t11-,13?/m1/s1. The Hall–Kier alpha value is -1.55. The number of amides is 1. The molecule has 0 fully saturated rings. The highest BCUT2D eigenvalue weighted by molar-refractivity contribution is 5.79. The van der Waals surface area contributed by atoms with Gasteiger partial charge in [-0.2, -0.15) is 0 Å². The molecule has 0 radical (unpaired) electrons. The molecular formula is C15H24N2O2. The first kappa shape index (κ1) is 15.5. The number of hydrogen-bond acceptors (Lipinski definition) is 3. The number of rotatable bonds is 6. The Morgan fingerprint density at radius 1 is 1.32 bits per heavy atom. The minimum Gasteiger partial charge on any atom is -0.496 e. The lowest BCUT2D eigenvalue weighted by Crippen LogP contribution is -2.39. The van der Waals surface area contributed by atoms with E-state index in [0.29, 0.717) is 6.54 Å². The lowest BCUT2D eigenvalue weighted by Gasteiger charge is -2.22. The Morgan fingerprint density at radius 2 is 1.95 bits per heavy atom. The average molecular weight is 264 g/mol. The molecule has 0 aliphatic rings. The van der Waals surface area contributed by atoms with E-state index < -0.39 is 0 Å². The van der Waals surface area contributed by atoms with E-state index in [0.717, 1.165) is 11.3 Å². The van der Waals surface area contributed by atoms with Gasteiger partial charge in [-0.3, -0.25) is 4.79 Å². The van der Waals surface area contributed by atoms with Crippen LogP contribution in [0.5, 0.6) is 5.75 Å². The third-order valence-electron chi connectivity index (χ3n) is 3.36. The van der Waals surface area contributed by atoms with Crippen molar-refractivity contribution in [3.05, 3.63) is 29.8 Å². The smallest absolute Gasteiger partial charge is 0.225 e. The van der Waals surface area contributed by atoms with Gasteiger partial charge in [0.2, 0.25) is 5.91 Å². The second-order valence-corrected chi connectivity index (χ2v) is 5.06. The van der Waals surface area contributed by atoms with Crippen LogP contribution in [0.1, 0.15) is 32.4 Å². The molecule has 0 aliphatic carbocycles. The first-order valence-electron chi connectivity index (χ1n) is 6.64. The third-order valence-corrected chi connectivity index (χ3v) is 3.36. The maximum atomic E-state index is 12.2. The number of methoxy groups -OCH3 is 1. The van der Waals surface area contributed by atoms with Gasteiger partial charge in [0.1, 0.15) is 5.75 Å². The van der Waals surface area contributed by atoms with E-state index in [4.69, 9.17) is 10.5 Å². The van der Waals surface area contributed by atoms with Gasteiger partial charge in [-0.1, -0.05) is 32.0 Å². The van der Waals surface area contributed by atoms with Crippen LogP contribution in [0.25, 0.3) is 0 Å². The van der Waals surface area contributed by atoms with Crippen LogP contribution < -0.4 is 15.8 Å². The molecule has 1 aromatic rings. The summed E-state index contributed by atoms with van der Waals surface area (Å²) >= 11 is 0. The van der Waals surface area contributed by atoms with E-state index in [2.05, 4.69) is 5.32 Å². The number of carbonyl (C=O) groups is 1. The summed E-state index contributed by atoms with van der Waals surface area (Å²) in [6, 6.07) is 7.59. The molecule has 4 heteroatoms. The Morgan fingerprint density at radius 3 is 2.47 bits per heavy atom. The van der Waals surface area contributed by atoms with Crippen LogP contribution >= 0.6 is 0 Å². The van der Waals surface area contributed by atoms with Gasteiger partial charge in [-0.25, -0.2) is 0 Å². The van der Waals surface area contributed by atoms with Gasteiger partial charge in [0.25, 0.3) is 0 Å². The van der Waals surface area contributed by atoms with Crippen molar-refractivity contribution < 1.29 is 9.53 Å². The molecule has 3 N–H and O–H groups in total. The zero-order valence-electron chi connectivity index (χ0n) is 12.1. The summed E-state index contributed by atoms with van der Waals surface area (Å²) < 4.78 is 5.31. The normalized spacial score (nSPS) is 14.0. The highest BCUT2D eigenvalue weighted by atomic mass is 16.5. The van der Waals surface area contributed by atoms with Crippen molar-refractivity contribution in [2.24, 2.45) is 17.6 Å². The van der Waals surface area contributed by atoms with Gasteiger partial charge in [0.15, 0.2) is 0 Å². The van der Waals surface area contributed by atoms with E-state index >= 15 is 0 Å². The molecule has 106 valence electrons. The number of hydrogen-bond donors (Lipinski definition) is 2. The lowest BCUT2D eigenvalue weighted by atomic mass is 9.94. The Bertz CT molecular complexity index is 418. The second kappa shape index (κ2) is 7.14. The molecule has 2 atom stereocenters. The van der Waals surface area contributed by atoms with E-state index in [1.807, 2.05) is 45.0 Å². The molecule has 19 heavy (non-hydrogen) atoms. The first-order valence-corrected chi connectivity index (χ1v) is 6.64. The van der Waals surface area contributed by atoms with Gasteiger partial charge in [-0.05, 0) is 18.9 Å². The second-order valence-electron chi connectivity index (χ2n) is 5.06. The van der Waals surface area contributed by atoms with Gasteiger partial charge in [-0.15, -0.1) is 0 Å². The Balaban J connectivity index is 2.79. The molecule has 0 spiro atoms. The van der Waals surface area contributed by atoms with Crippen molar-refractivity contribution in [2.75, 3.05) is 13.7 Å². The predicted molar refractivity (Wildman–Crippen MR) is 76.9 cm³/mol. The monoisotopic (exact) mass is 264 g/mol. The predicted octanol–water partition coefficient (Wildman–Crippen LogP) is 2.10. The van der Waals surface area contributed by atoms with Crippen molar-refractivity contribution in [1.82, 2.24) is 5.32 Å². The zero-order chi connectivity index (χ0) is 14.4. The fourth-order valence-electron chi connectivity index (χ4n) is 2.10. The molecule has 0 bridgehead atoms. The van der Waals surface area contributed by atoms with Gasteiger partial charge in [0.05, 0.1) is 19.1 Å². The molecule has 1 aromatic carbocycles. The van der Waals surface area contributed by atoms with Crippen molar-refractivity contribution in [3.63, 3.8) is 0 Å². The van der Waals surface area contributed by atoms with Crippen molar-refractivity contribution in [1.29, 1.82) is 0 Å². The van der Waals surface area contributed by atoms with Gasteiger partial charge in [0, 0.05) is 12.1 Å². The Labute approximate surface area is 115 Å². The van der Waals surface area contributed by atoms with Crippen LogP contribution in [-0.4, -0.2) is 19.6 Å².